The highest BCUT2D eigenvalue weighted by Gasteiger charge is 2.16. The maximum Gasteiger partial charge on any atom is 0.297 e. The second kappa shape index (κ2) is 3.77. The normalized spacial score (nSPS) is 11.8. The van der Waals surface area contributed by atoms with Crippen LogP contribution in [0.4, 0.5) is 5.69 Å². The lowest BCUT2D eigenvalue weighted by molar-refractivity contribution is 0.398. The second-order valence-corrected chi connectivity index (χ2v) is 5.00. The number of hydrogen-bond donors (Lipinski definition) is 1. The first kappa shape index (κ1) is 10.9. The zero-order chi connectivity index (χ0) is 11.8. The van der Waals surface area contributed by atoms with Gasteiger partial charge in [0.15, 0.2) is 0 Å². The van der Waals surface area contributed by atoms with Crippen molar-refractivity contribution in [1.82, 2.24) is 0 Å². The molecule has 2 aromatic carbocycles. The van der Waals surface area contributed by atoms with Crippen LogP contribution in [0, 0.1) is 0 Å². The molecule has 0 atom stereocenters. The Kier molecular flexibility index (Phi) is 2.57. The number of rotatable bonds is 2. The van der Waals surface area contributed by atoms with Gasteiger partial charge in [-0.1, -0.05) is 24.3 Å². The molecule has 0 bridgehead atoms. The predicted octanol–water partition coefficient (Wildman–Crippen LogP) is 1.76. The maximum absolute atomic E-state index is 11.7. The minimum absolute atomic E-state index is 0.139. The molecule has 0 saturated carbocycles. The summed E-state index contributed by atoms with van der Waals surface area (Å²) in [5.41, 5.74) is 6.32. The third-order valence-corrected chi connectivity index (χ3v) is 3.74. The van der Waals surface area contributed by atoms with Crippen molar-refractivity contribution in [2.75, 3.05) is 12.8 Å². The zero-order valence-corrected chi connectivity index (χ0v) is 9.49. The molecule has 5 heteroatoms. The largest absolute Gasteiger partial charge is 0.398 e. The van der Waals surface area contributed by atoms with Crippen molar-refractivity contribution in [1.29, 1.82) is 0 Å². The zero-order valence-electron chi connectivity index (χ0n) is 8.67. The van der Waals surface area contributed by atoms with Gasteiger partial charge in [0.2, 0.25) is 0 Å². The van der Waals surface area contributed by atoms with Crippen molar-refractivity contribution in [2.45, 2.75) is 4.90 Å². The molecule has 0 heterocycles. The molecule has 0 aromatic heterocycles. The maximum atomic E-state index is 11.7. The summed E-state index contributed by atoms with van der Waals surface area (Å²) < 4.78 is 27.8. The number of anilines is 1. The summed E-state index contributed by atoms with van der Waals surface area (Å²) in [4.78, 5) is 0.139. The van der Waals surface area contributed by atoms with Crippen LogP contribution in [0.15, 0.2) is 41.3 Å². The van der Waals surface area contributed by atoms with E-state index in [0.29, 0.717) is 16.5 Å². The highest BCUT2D eigenvalue weighted by Crippen LogP contribution is 2.27. The smallest absolute Gasteiger partial charge is 0.297 e. The van der Waals surface area contributed by atoms with E-state index in [2.05, 4.69) is 4.18 Å². The molecule has 0 aliphatic rings. The molecule has 0 amide bonds. The molecule has 0 aliphatic heterocycles. The summed E-state index contributed by atoms with van der Waals surface area (Å²) >= 11 is 0. The topological polar surface area (TPSA) is 69.4 Å². The highest BCUT2D eigenvalue weighted by atomic mass is 32.2. The summed E-state index contributed by atoms with van der Waals surface area (Å²) in [5, 5.41) is 1.28. The number of nitrogens with two attached hydrogens (primary N) is 1. The minimum atomic E-state index is -3.70. The Morgan fingerprint density at radius 1 is 1.06 bits per heavy atom. The molecule has 2 aromatic rings. The van der Waals surface area contributed by atoms with Crippen molar-refractivity contribution in [2.24, 2.45) is 0 Å². The van der Waals surface area contributed by atoms with Crippen molar-refractivity contribution in [3.05, 3.63) is 36.4 Å². The van der Waals surface area contributed by atoms with Crippen LogP contribution >= 0.6 is 0 Å². The molecule has 0 fully saturated rings. The quantitative estimate of drug-likeness (QED) is 0.638. The standard InChI is InChI=1S/C11H11NO3S/c1-15-16(13,14)11-7-3-4-8-9(11)5-2-6-10(8)12/h2-7H,12H2,1H3. The first-order chi connectivity index (χ1) is 7.56. The fraction of sp³-hybridized carbons (Fsp3) is 0.0909. The molecule has 0 radical (unpaired) electrons. The van der Waals surface area contributed by atoms with E-state index < -0.39 is 10.1 Å². The van der Waals surface area contributed by atoms with Crippen molar-refractivity contribution < 1.29 is 12.6 Å². The fourth-order valence-corrected chi connectivity index (χ4v) is 2.49. The lowest BCUT2D eigenvalue weighted by atomic mass is 10.1. The predicted molar refractivity (Wildman–Crippen MR) is 62.6 cm³/mol. The minimum Gasteiger partial charge on any atom is -0.398 e. The molecule has 0 unspecified atom stereocenters. The number of hydrogen-bond acceptors (Lipinski definition) is 4. The monoisotopic (exact) mass is 237 g/mol. The molecular weight excluding hydrogens is 226 g/mol. The van der Waals surface area contributed by atoms with Crippen LogP contribution in [0.3, 0.4) is 0 Å². The second-order valence-electron chi connectivity index (χ2n) is 3.32. The van der Waals surface area contributed by atoms with Gasteiger partial charge in [-0.15, -0.1) is 0 Å². The first-order valence-electron chi connectivity index (χ1n) is 4.64. The molecule has 0 spiro atoms. The van der Waals surface area contributed by atoms with E-state index in [1.165, 1.54) is 6.07 Å². The van der Waals surface area contributed by atoms with E-state index in [9.17, 15) is 8.42 Å². The number of benzene rings is 2. The Bertz CT molecular complexity index is 635. The van der Waals surface area contributed by atoms with Gasteiger partial charge in [0, 0.05) is 16.5 Å². The van der Waals surface area contributed by atoms with Crippen LogP contribution in [0.2, 0.25) is 0 Å². The average Bonchev–Trinajstić information content (AvgIpc) is 2.29. The molecule has 2 N–H and O–H groups in total. The van der Waals surface area contributed by atoms with Gasteiger partial charge in [0.1, 0.15) is 4.90 Å². The Morgan fingerprint density at radius 3 is 2.38 bits per heavy atom. The molecule has 4 nitrogen and oxygen atoms in total. The Morgan fingerprint density at radius 2 is 1.69 bits per heavy atom. The van der Waals surface area contributed by atoms with Gasteiger partial charge >= 0.3 is 0 Å². The third-order valence-electron chi connectivity index (χ3n) is 2.40. The summed E-state index contributed by atoms with van der Waals surface area (Å²) in [6, 6.07) is 10.1. The van der Waals surface area contributed by atoms with E-state index >= 15 is 0 Å². The summed E-state index contributed by atoms with van der Waals surface area (Å²) in [6.45, 7) is 0. The SMILES string of the molecule is COS(=O)(=O)c1cccc2c(N)cccc12. The average molecular weight is 237 g/mol. The Hall–Kier alpha value is -1.59. The Balaban J connectivity index is 2.88. The van der Waals surface area contributed by atoms with Gasteiger partial charge in [0.25, 0.3) is 10.1 Å². The molecule has 2 rings (SSSR count). The van der Waals surface area contributed by atoms with Gasteiger partial charge < -0.3 is 5.73 Å². The van der Waals surface area contributed by atoms with Gasteiger partial charge in [-0.25, -0.2) is 0 Å². The van der Waals surface area contributed by atoms with Crippen molar-refractivity contribution in [3.63, 3.8) is 0 Å². The van der Waals surface area contributed by atoms with Crippen molar-refractivity contribution >= 4 is 26.6 Å². The lowest BCUT2D eigenvalue weighted by Crippen LogP contribution is -2.03. The Labute approximate surface area is 93.8 Å². The fourth-order valence-electron chi connectivity index (χ4n) is 1.61. The first-order valence-corrected chi connectivity index (χ1v) is 6.05. The lowest BCUT2D eigenvalue weighted by Gasteiger charge is -2.07. The van der Waals surface area contributed by atoms with Crippen molar-refractivity contribution in [3.8, 4) is 0 Å². The molecular formula is C11H11NO3S. The third kappa shape index (κ3) is 1.64. The van der Waals surface area contributed by atoms with Gasteiger partial charge in [0.05, 0.1) is 7.11 Å². The van der Waals surface area contributed by atoms with E-state index in [1.807, 2.05) is 0 Å². The van der Waals surface area contributed by atoms with Crippen LogP contribution in [0.5, 0.6) is 0 Å². The van der Waals surface area contributed by atoms with E-state index in [-0.39, 0.29) is 4.90 Å². The molecule has 84 valence electrons. The summed E-state index contributed by atoms with van der Waals surface area (Å²) in [7, 11) is -2.56. The van der Waals surface area contributed by atoms with Crippen LogP contribution in [-0.4, -0.2) is 15.5 Å². The van der Waals surface area contributed by atoms with Crippen LogP contribution in [0.1, 0.15) is 0 Å². The van der Waals surface area contributed by atoms with E-state index in [4.69, 9.17) is 5.73 Å². The molecule has 0 saturated heterocycles. The van der Waals surface area contributed by atoms with E-state index in [1.54, 1.807) is 30.3 Å². The van der Waals surface area contributed by atoms with Gasteiger partial charge in [-0.05, 0) is 12.1 Å². The van der Waals surface area contributed by atoms with Gasteiger partial charge in [-0.2, -0.15) is 8.42 Å². The van der Waals surface area contributed by atoms with Crippen LogP contribution < -0.4 is 5.73 Å². The molecule has 16 heavy (non-hydrogen) atoms. The molecule has 0 aliphatic carbocycles. The number of nitrogen functional groups attached to an aromatic ring is 1. The van der Waals surface area contributed by atoms with Crippen LogP contribution in [-0.2, 0) is 14.3 Å². The van der Waals surface area contributed by atoms with E-state index in [0.717, 1.165) is 7.11 Å². The number of fused-ring (bicyclic) bond motifs is 1. The van der Waals surface area contributed by atoms with Gasteiger partial charge in [-0.3, -0.25) is 4.18 Å². The van der Waals surface area contributed by atoms with Crippen LogP contribution in [0.25, 0.3) is 10.8 Å². The highest BCUT2D eigenvalue weighted by molar-refractivity contribution is 7.87. The summed E-state index contributed by atoms with van der Waals surface area (Å²) in [5.74, 6) is 0. The summed E-state index contributed by atoms with van der Waals surface area (Å²) in [6.07, 6.45) is 0.